The van der Waals surface area contributed by atoms with Gasteiger partial charge in [0.25, 0.3) is 5.91 Å². The predicted octanol–water partition coefficient (Wildman–Crippen LogP) is 4.10. The first-order valence-corrected chi connectivity index (χ1v) is 7.27. The molecule has 0 fully saturated rings. The van der Waals surface area contributed by atoms with Crippen LogP contribution in [-0.2, 0) is 0 Å². The van der Waals surface area contributed by atoms with Crippen LogP contribution < -0.4 is 4.90 Å². The lowest BCUT2D eigenvalue weighted by atomic mass is 9.94. The summed E-state index contributed by atoms with van der Waals surface area (Å²) < 4.78 is 13.0. The molecule has 0 spiro atoms. The molecule has 1 heterocycles. The molecule has 5 heteroatoms. The smallest absolute Gasteiger partial charge is 0.258 e. The lowest BCUT2D eigenvalue weighted by Crippen LogP contribution is -2.44. The molecule has 0 saturated carbocycles. The van der Waals surface area contributed by atoms with Crippen LogP contribution >= 0.6 is 11.6 Å². The largest absolute Gasteiger partial charge is 0.304 e. The number of hydrogen-bond donors (Lipinski definition) is 0. The summed E-state index contributed by atoms with van der Waals surface area (Å²) in [6, 6.07) is 9.96. The molecular weight excluding hydrogens is 305 g/mol. The van der Waals surface area contributed by atoms with Crippen molar-refractivity contribution < 1.29 is 14.0 Å². The highest BCUT2D eigenvalue weighted by Gasteiger charge is 2.33. The van der Waals surface area contributed by atoms with Crippen molar-refractivity contribution in [3.8, 4) is 0 Å². The van der Waals surface area contributed by atoms with E-state index in [9.17, 15) is 14.0 Å². The van der Waals surface area contributed by atoms with E-state index in [1.165, 1.54) is 24.3 Å². The van der Waals surface area contributed by atoms with Gasteiger partial charge in [0.15, 0.2) is 5.78 Å². The Hall–Kier alpha value is -2.20. The number of nitrogens with zero attached hydrogens (tertiary/aromatic N) is 1. The van der Waals surface area contributed by atoms with Crippen LogP contribution in [0.5, 0.6) is 0 Å². The molecule has 1 atom stereocenters. The van der Waals surface area contributed by atoms with Gasteiger partial charge in [0.1, 0.15) is 5.82 Å². The number of ketones is 1. The summed E-state index contributed by atoms with van der Waals surface area (Å²) in [5.41, 5.74) is 1.36. The maximum absolute atomic E-state index is 13.0. The zero-order valence-electron chi connectivity index (χ0n) is 11.8. The second-order valence-corrected chi connectivity index (χ2v) is 5.76. The summed E-state index contributed by atoms with van der Waals surface area (Å²) in [4.78, 5) is 26.4. The zero-order valence-corrected chi connectivity index (χ0v) is 12.6. The van der Waals surface area contributed by atoms with Crippen molar-refractivity contribution in [2.75, 3.05) is 4.90 Å². The number of carbonyl (C=O) groups excluding carboxylic acids is 2. The zero-order chi connectivity index (χ0) is 15.9. The second kappa shape index (κ2) is 5.54. The van der Waals surface area contributed by atoms with Gasteiger partial charge in [-0.2, -0.15) is 0 Å². The molecule has 0 bridgehead atoms. The average Bonchev–Trinajstić information content (AvgIpc) is 2.47. The topological polar surface area (TPSA) is 37.4 Å². The third kappa shape index (κ3) is 2.50. The van der Waals surface area contributed by atoms with Crippen LogP contribution in [0.4, 0.5) is 10.1 Å². The Kier molecular flexibility index (Phi) is 3.71. The third-order valence-corrected chi connectivity index (χ3v) is 3.99. The van der Waals surface area contributed by atoms with Crippen molar-refractivity contribution in [1.29, 1.82) is 0 Å². The Labute approximate surface area is 132 Å². The fourth-order valence-electron chi connectivity index (χ4n) is 2.69. The number of Topliss-reactive ketones (excluding diaryl/α,β-unsaturated/α-hetero) is 1. The monoisotopic (exact) mass is 317 g/mol. The van der Waals surface area contributed by atoms with Crippen molar-refractivity contribution in [1.82, 2.24) is 0 Å². The van der Waals surface area contributed by atoms with E-state index in [1.54, 1.807) is 23.1 Å². The van der Waals surface area contributed by atoms with E-state index in [0.717, 1.165) is 0 Å². The maximum Gasteiger partial charge on any atom is 0.258 e. The molecule has 1 unspecified atom stereocenters. The number of benzene rings is 2. The number of halogens is 2. The van der Waals surface area contributed by atoms with Gasteiger partial charge < -0.3 is 4.90 Å². The first-order chi connectivity index (χ1) is 10.5. The van der Waals surface area contributed by atoms with Crippen molar-refractivity contribution >= 4 is 29.0 Å². The van der Waals surface area contributed by atoms with Crippen LogP contribution in [0.3, 0.4) is 0 Å². The van der Waals surface area contributed by atoms with Crippen molar-refractivity contribution in [3.05, 3.63) is 64.4 Å². The first kappa shape index (κ1) is 14.7. The Morgan fingerprint density at radius 3 is 2.59 bits per heavy atom. The van der Waals surface area contributed by atoms with Crippen LogP contribution in [0.15, 0.2) is 42.5 Å². The molecule has 1 aliphatic rings. The molecule has 0 N–H and O–H groups in total. The van der Waals surface area contributed by atoms with E-state index in [0.29, 0.717) is 21.8 Å². The number of fused-ring (bicyclic) bond motifs is 1. The molecule has 112 valence electrons. The average molecular weight is 318 g/mol. The summed E-state index contributed by atoms with van der Waals surface area (Å²) in [5.74, 6) is -0.687. The molecule has 1 aliphatic heterocycles. The number of hydrogen-bond acceptors (Lipinski definition) is 2. The summed E-state index contributed by atoms with van der Waals surface area (Å²) >= 11 is 6.01. The van der Waals surface area contributed by atoms with Crippen LogP contribution in [0, 0.1) is 5.82 Å². The Morgan fingerprint density at radius 1 is 1.23 bits per heavy atom. The predicted molar refractivity (Wildman–Crippen MR) is 83.1 cm³/mol. The minimum Gasteiger partial charge on any atom is -0.304 e. The fourth-order valence-corrected chi connectivity index (χ4v) is 2.85. The quantitative estimate of drug-likeness (QED) is 0.794. The SMILES string of the molecule is CC1CC(=O)c2ccc(Cl)cc2N1C(=O)c1ccc(F)cc1. The summed E-state index contributed by atoms with van der Waals surface area (Å²) in [7, 11) is 0. The van der Waals surface area contributed by atoms with Gasteiger partial charge in [-0.25, -0.2) is 4.39 Å². The van der Waals surface area contributed by atoms with Gasteiger partial charge in [0.05, 0.1) is 5.69 Å². The molecule has 2 aromatic carbocycles. The molecule has 0 aliphatic carbocycles. The van der Waals surface area contributed by atoms with Crippen molar-refractivity contribution in [2.45, 2.75) is 19.4 Å². The Morgan fingerprint density at radius 2 is 1.91 bits per heavy atom. The van der Waals surface area contributed by atoms with Gasteiger partial charge in [-0.05, 0) is 49.4 Å². The van der Waals surface area contributed by atoms with E-state index >= 15 is 0 Å². The summed E-state index contributed by atoms with van der Waals surface area (Å²) in [6.45, 7) is 1.81. The molecule has 0 aromatic heterocycles. The van der Waals surface area contributed by atoms with Crippen molar-refractivity contribution in [2.24, 2.45) is 0 Å². The minimum absolute atomic E-state index is 0.0117. The van der Waals surface area contributed by atoms with Gasteiger partial charge in [-0.3, -0.25) is 9.59 Å². The lowest BCUT2D eigenvalue weighted by molar-refractivity contribution is 0.0936. The molecular formula is C17H13ClFNO2. The molecule has 0 saturated heterocycles. The van der Waals surface area contributed by atoms with Crippen LogP contribution in [-0.4, -0.2) is 17.7 Å². The summed E-state index contributed by atoms with van der Waals surface area (Å²) in [6.07, 6.45) is 0.252. The van der Waals surface area contributed by atoms with Crippen LogP contribution in [0.1, 0.15) is 34.1 Å². The van der Waals surface area contributed by atoms with Gasteiger partial charge in [-0.1, -0.05) is 11.6 Å². The van der Waals surface area contributed by atoms with E-state index in [1.807, 2.05) is 6.92 Å². The van der Waals surface area contributed by atoms with Gasteiger partial charge >= 0.3 is 0 Å². The van der Waals surface area contributed by atoms with Gasteiger partial charge in [0, 0.05) is 28.6 Å². The van der Waals surface area contributed by atoms with Gasteiger partial charge in [-0.15, -0.1) is 0 Å². The van der Waals surface area contributed by atoms with E-state index in [4.69, 9.17) is 11.6 Å². The number of amides is 1. The Balaban J connectivity index is 2.08. The molecule has 22 heavy (non-hydrogen) atoms. The second-order valence-electron chi connectivity index (χ2n) is 5.32. The van der Waals surface area contributed by atoms with Gasteiger partial charge in [0.2, 0.25) is 0 Å². The van der Waals surface area contributed by atoms with E-state index in [2.05, 4.69) is 0 Å². The highest BCUT2D eigenvalue weighted by molar-refractivity contribution is 6.31. The third-order valence-electron chi connectivity index (χ3n) is 3.75. The number of rotatable bonds is 1. The molecule has 1 amide bonds. The lowest BCUT2D eigenvalue weighted by Gasteiger charge is -2.34. The van der Waals surface area contributed by atoms with E-state index < -0.39 is 5.82 Å². The minimum atomic E-state index is -0.401. The highest BCUT2D eigenvalue weighted by atomic mass is 35.5. The van der Waals surface area contributed by atoms with E-state index in [-0.39, 0.29) is 24.2 Å². The normalized spacial score (nSPS) is 17.3. The first-order valence-electron chi connectivity index (χ1n) is 6.89. The highest BCUT2D eigenvalue weighted by Crippen LogP contribution is 2.34. The maximum atomic E-state index is 13.0. The fraction of sp³-hybridized carbons (Fsp3) is 0.176. The van der Waals surface area contributed by atoms with Crippen LogP contribution in [0.25, 0.3) is 0 Å². The summed E-state index contributed by atoms with van der Waals surface area (Å²) in [5, 5.41) is 0.456. The standard InChI is InChI=1S/C17H13ClFNO2/c1-10-8-16(21)14-7-4-12(18)9-15(14)20(10)17(22)11-2-5-13(19)6-3-11/h2-7,9-10H,8H2,1H3. The Bertz CT molecular complexity index is 758. The number of anilines is 1. The number of carbonyl (C=O) groups is 2. The molecule has 2 aromatic rings. The molecule has 0 radical (unpaired) electrons. The molecule has 3 rings (SSSR count). The molecule has 3 nitrogen and oxygen atoms in total. The van der Waals surface area contributed by atoms with Crippen molar-refractivity contribution in [3.63, 3.8) is 0 Å². The van der Waals surface area contributed by atoms with Crippen LogP contribution in [0.2, 0.25) is 5.02 Å².